The first-order valence-corrected chi connectivity index (χ1v) is 8.48. The first-order valence-electron chi connectivity index (χ1n) is 7.04. The minimum Gasteiger partial charge on any atom is -0.446 e. The SMILES string of the molecule is CCN(CC1CCNCC1)S(=O)(=O)NC(=O)OC(C)C. The number of nitrogens with one attached hydrogen (secondary N) is 2. The highest BCUT2D eigenvalue weighted by molar-refractivity contribution is 7.87. The Hall–Kier alpha value is -0.860. The van der Waals surface area contributed by atoms with E-state index in [0.717, 1.165) is 25.9 Å². The molecule has 118 valence electrons. The van der Waals surface area contributed by atoms with E-state index >= 15 is 0 Å². The summed E-state index contributed by atoms with van der Waals surface area (Å²) < 4.78 is 32.3. The van der Waals surface area contributed by atoms with Crippen molar-refractivity contribution in [2.24, 2.45) is 5.92 Å². The average molecular weight is 307 g/mol. The number of nitrogens with zero attached hydrogens (tertiary/aromatic N) is 1. The summed E-state index contributed by atoms with van der Waals surface area (Å²) in [6.07, 6.45) is 0.610. The standard InChI is InChI=1S/C12H25N3O4S/c1-4-15(9-11-5-7-13-8-6-11)20(17,18)14-12(16)19-10(2)3/h10-11,13H,4-9H2,1-3H3,(H,14,16). The van der Waals surface area contributed by atoms with Crippen LogP contribution in [0.15, 0.2) is 0 Å². The minimum atomic E-state index is -3.83. The van der Waals surface area contributed by atoms with Gasteiger partial charge in [-0.2, -0.15) is 12.7 Å². The molecule has 20 heavy (non-hydrogen) atoms. The van der Waals surface area contributed by atoms with E-state index in [0.29, 0.717) is 19.0 Å². The molecule has 0 atom stereocenters. The summed E-state index contributed by atoms with van der Waals surface area (Å²) in [5.41, 5.74) is 0. The second-order valence-corrected chi connectivity index (χ2v) is 6.88. The van der Waals surface area contributed by atoms with Gasteiger partial charge in [0.25, 0.3) is 0 Å². The van der Waals surface area contributed by atoms with Crippen LogP contribution in [0.25, 0.3) is 0 Å². The fraction of sp³-hybridized carbons (Fsp3) is 0.917. The fourth-order valence-corrected chi connectivity index (χ4v) is 3.29. The van der Waals surface area contributed by atoms with E-state index in [-0.39, 0.29) is 6.10 Å². The maximum atomic E-state index is 12.1. The lowest BCUT2D eigenvalue weighted by molar-refractivity contribution is 0.121. The molecule has 1 rings (SSSR count). The lowest BCUT2D eigenvalue weighted by atomic mass is 9.98. The third kappa shape index (κ3) is 5.64. The molecule has 0 radical (unpaired) electrons. The molecule has 0 unspecified atom stereocenters. The Labute approximate surface area is 121 Å². The molecule has 1 fully saturated rings. The van der Waals surface area contributed by atoms with Crippen LogP contribution in [-0.4, -0.2) is 51.1 Å². The second-order valence-electron chi connectivity index (χ2n) is 5.21. The number of carbonyl (C=O) groups is 1. The van der Waals surface area contributed by atoms with Crippen molar-refractivity contribution in [2.45, 2.75) is 39.7 Å². The molecule has 1 heterocycles. The Kier molecular flexibility index (Phi) is 6.70. The van der Waals surface area contributed by atoms with Gasteiger partial charge in [0.2, 0.25) is 0 Å². The molecule has 0 aromatic heterocycles. The Morgan fingerprint density at radius 3 is 2.50 bits per heavy atom. The Morgan fingerprint density at radius 2 is 2.00 bits per heavy atom. The maximum Gasteiger partial charge on any atom is 0.422 e. The van der Waals surface area contributed by atoms with Crippen molar-refractivity contribution < 1.29 is 17.9 Å². The molecule has 2 N–H and O–H groups in total. The van der Waals surface area contributed by atoms with Gasteiger partial charge in [0.1, 0.15) is 0 Å². The van der Waals surface area contributed by atoms with Gasteiger partial charge in [-0.05, 0) is 45.7 Å². The molecule has 0 aliphatic carbocycles. The number of ether oxygens (including phenoxy) is 1. The van der Waals surface area contributed by atoms with Gasteiger partial charge in [0.05, 0.1) is 6.10 Å². The predicted molar refractivity (Wildman–Crippen MR) is 76.5 cm³/mol. The predicted octanol–water partition coefficient (Wildman–Crippen LogP) is 0.687. The monoisotopic (exact) mass is 307 g/mol. The van der Waals surface area contributed by atoms with Crippen LogP contribution in [0.1, 0.15) is 33.6 Å². The van der Waals surface area contributed by atoms with Gasteiger partial charge in [-0.3, -0.25) is 0 Å². The third-order valence-corrected chi connectivity index (χ3v) is 4.68. The molecule has 0 spiro atoms. The van der Waals surface area contributed by atoms with Gasteiger partial charge in [-0.25, -0.2) is 9.52 Å². The van der Waals surface area contributed by atoms with Crippen molar-refractivity contribution in [3.63, 3.8) is 0 Å². The number of hydrogen-bond acceptors (Lipinski definition) is 5. The summed E-state index contributed by atoms with van der Waals surface area (Å²) >= 11 is 0. The number of amides is 1. The topological polar surface area (TPSA) is 87.7 Å². The molecule has 0 aromatic carbocycles. The molecule has 1 amide bonds. The summed E-state index contributed by atoms with van der Waals surface area (Å²) in [5.74, 6) is 0.328. The largest absolute Gasteiger partial charge is 0.446 e. The first kappa shape index (κ1) is 17.2. The minimum absolute atomic E-state index is 0.328. The van der Waals surface area contributed by atoms with Crippen LogP contribution in [0.3, 0.4) is 0 Å². The smallest absolute Gasteiger partial charge is 0.422 e. The highest BCUT2D eigenvalue weighted by atomic mass is 32.2. The Bertz CT molecular complexity index is 405. The summed E-state index contributed by atoms with van der Waals surface area (Å²) in [6.45, 7) is 7.67. The van der Waals surface area contributed by atoms with Crippen molar-refractivity contribution in [3.8, 4) is 0 Å². The van der Waals surface area contributed by atoms with Crippen LogP contribution < -0.4 is 10.0 Å². The lowest BCUT2D eigenvalue weighted by Gasteiger charge is -2.28. The van der Waals surface area contributed by atoms with Crippen LogP contribution >= 0.6 is 0 Å². The normalized spacial score (nSPS) is 17.4. The van der Waals surface area contributed by atoms with E-state index in [1.54, 1.807) is 20.8 Å². The third-order valence-electron chi connectivity index (χ3n) is 3.17. The molecule has 1 aliphatic rings. The zero-order chi connectivity index (χ0) is 15.2. The number of rotatable bonds is 6. The lowest BCUT2D eigenvalue weighted by Crippen LogP contribution is -2.47. The van der Waals surface area contributed by atoms with Crippen LogP contribution in [0.5, 0.6) is 0 Å². The van der Waals surface area contributed by atoms with Gasteiger partial charge in [0.15, 0.2) is 0 Å². The van der Waals surface area contributed by atoms with Crippen molar-refractivity contribution in [3.05, 3.63) is 0 Å². The molecule has 1 aliphatic heterocycles. The highest BCUT2D eigenvalue weighted by Gasteiger charge is 2.27. The first-order chi connectivity index (χ1) is 9.35. The van der Waals surface area contributed by atoms with Gasteiger partial charge in [-0.1, -0.05) is 6.92 Å². The molecule has 8 heteroatoms. The van der Waals surface area contributed by atoms with Crippen LogP contribution in [0, 0.1) is 5.92 Å². The van der Waals surface area contributed by atoms with Gasteiger partial charge < -0.3 is 10.1 Å². The fourth-order valence-electron chi connectivity index (χ4n) is 2.16. The molecule has 0 aromatic rings. The van der Waals surface area contributed by atoms with E-state index in [1.165, 1.54) is 4.31 Å². The summed E-state index contributed by atoms with van der Waals surface area (Å²) in [7, 11) is -3.83. The van der Waals surface area contributed by atoms with Gasteiger partial charge >= 0.3 is 16.3 Å². The van der Waals surface area contributed by atoms with Crippen LogP contribution in [-0.2, 0) is 14.9 Å². The summed E-state index contributed by atoms with van der Waals surface area (Å²) in [6, 6.07) is 0. The molecular weight excluding hydrogens is 282 g/mol. The molecule has 0 saturated carbocycles. The molecule has 0 bridgehead atoms. The van der Waals surface area contributed by atoms with Crippen molar-refractivity contribution in [1.29, 1.82) is 0 Å². The van der Waals surface area contributed by atoms with E-state index in [9.17, 15) is 13.2 Å². The number of carbonyl (C=O) groups excluding carboxylic acids is 1. The molecule has 1 saturated heterocycles. The van der Waals surface area contributed by atoms with Crippen LogP contribution in [0.2, 0.25) is 0 Å². The summed E-state index contributed by atoms with van der Waals surface area (Å²) in [5, 5.41) is 3.24. The van der Waals surface area contributed by atoms with E-state index < -0.39 is 16.3 Å². The van der Waals surface area contributed by atoms with E-state index in [2.05, 4.69) is 5.32 Å². The van der Waals surface area contributed by atoms with E-state index in [1.807, 2.05) is 4.72 Å². The summed E-state index contributed by atoms with van der Waals surface area (Å²) in [4.78, 5) is 11.4. The zero-order valence-electron chi connectivity index (χ0n) is 12.4. The maximum absolute atomic E-state index is 12.1. The zero-order valence-corrected chi connectivity index (χ0v) is 13.2. The second kappa shape index (κ2) is 7.80. The molecular formula is C12H25N3O4S. The number of piperidine rings is 1. The van der Waals surface area contributed by atoms with E-state index in [4.69, 9.17) is 4.74 Å². The molecule has 7 nitrogen and oxygen atoms in total. The van der Waals surface area contributed by atoms with Gasteiger partial charge in [0, 0.05) is 13.1 Å². The average Bonchev–Trinajstić information content (AvgIpc) is 2.35. The van der Waals surface area contributed by atoms with Gasteiger partial charge in [-0.15, -0.1) is 0 Å². The highest BCUT2D eigenvalue weighted by Crippen LogP contribution is 2.15. The Morgan fingerprint density at radius 1 is 1.40 bits per heavy atom. The Balaban J connectivity index is 2.59. The van der Waals surface area contributed by atoms with Crippen LogP contribution in [0.4, 0.5) is 4.79 Å². The number of hydrogen-bond donors (Lipinski definition) is 2. The van der Waals surface area contributed by atoms with Crippen molar-refractivity contribution in [1.82, 2.24) is 14.3 Å². The van der Waals surface area contributed by atoms with Crippen molar-refractivity contribution in [2.75, 3.05) is 26.2 Å². The van der Waals surface area contributed by atoms with Crippen molar-refractivity contribution >= 4 is 16.3 Å². The quantitative estimate of drug-likeness (QED) is 0.754.